The van der Waals surface area contributed by atoms with E-state index in [4.69, 9.17) is 9.72 Å². The summed E-state index contributed by atoms with van der Waals surface area (Å²) in [6.07, 6.45) is 4.16. The zero-order chi connectivity index (χ0) is 30.7. The second-order valence-electron chi connectivity index (χ2n) is 13.3. The minimum atomic E-state index is -0.241. The fraction of sp³-hybridized carbons (Fsp3) is 0.559. The average molecular weight is 577 g/mol. The van der Waals surface area contributed by atoms with E-state index in [1.807, 2.05) is 6.92 Å². The number of anilines is 1. The van der Waals surface area contributed by atoms with Crippen molar-refractivity contribution in [1.82, 2.24) is 14.8 Å². The first kappa shape index (κ1) is 31.5. The second-order valence-corrected chi connectivity index (χ2v) is 13.3. The number of aromatic amines is 1. The topological polar surface area (TPSA) is 109 Å². The molecule has 4 rings (SSSR count). The molecule has 1 atom stereocenters. The van der Waals surface area contributed by atoms with Crippen molar-refractivity contribution in [3.8, 4) is 0 Å². The number of hydrogen-bond donors (Lipinski definition) is 3. The van der Waals surface area contributed by atoms with Gasteiger partial charge in [0.1, 0.15) is 5.82 Å². The van der Waals surface area contributed by atoms with Gasteiger partial charge in [0.25, 0.3) is 5.56 Å². The molecule has 1 aliphatic heterocycles. The molecule has 0 fully saturated rings. The standard InChI is InChI=1S/C34H48N4O4/c1-8-42-31(41)18-23(16-28-20-30(40)38(7)37-28)22-14-25(33(2,3)4)19-26(15-22)34(5,6)21-24-17-27(11-13-39)36-32-29(24)10-9-12-35-32/h14-15,17,19-20,23,37,39H,8-13,16,18,21H2,1-7H3,(H,35,36). The molecule has 8 nitrogen and oxygen atoms in total. The lowest BCUT2D eigenvalue weighted by Gasteiger charge is -2.32. The molecule has 3 aromatic rings. The van der Waals surface area contributed by atoms with E-state index in [1.54, 1.807) is 13.1 Å². The summed E-state index contributed by atoms with van der Waals surface area (Å²) in [7, 11) is 1.70. The summed E-state index contributed by atoms with van der Waals surface area (Å²) in [6.45, 7) is 14.3. The average Bonchev–Trinajstić information content (AvgIpc) is 3.24. The number of H-pyrrole nitrogens is 1. The van der Waals surface area contributed by atoms with Crippen LogP contribution in [-0.4, -0.2) is 45.6 Å². The Kier molecular flexibility index (Phi) is 9.66. The first-order valence-electron chi connectivity index (χ1n) is 15.2. The number of aromatic nitrogens is 3. The van der Waals surface area contributed by atoms with Crippen LogP contribution >= 0.6 is 0 Å². The van der Waals surface area contributed by atoms with Gasteiger partial charge < -0.3 is 15.2 Å². The summed E-state index contributed by atoms with van der Waals surface area (Å²) in [4.78, 5) is 29.8. The van der Waals surface area contributed by atoms with E-state index < -0.39 is 0 Å². The van der Waals surface area contributed by atoms with Crippen molar-refractivity contribution >= 4 is 11.8 Å². The van der Waals surface area contributed by atoms with Gasteiger partial charge in [-0.25, -0.2) is 4.98 Å². The van der Waals surface area contributed by atoms with E-state index in [9.17, 15) is 14.7 Å². The van der Waals surface area contributed by atoms with Gasteiger partial charge in [0.2, 0.25) is 0 Å². The first-order valence-corrected chi connectivity index (χ1v) is 15.2. The monoisotopic (exact) mass is 576 g/mol. The number of esters is 1. The molecule has 3 N–H and O–H groups in total. The lowest BCUT2D eigenvalue weighted by atomic mass is 9.73. The molecule has 0 aliphatic carbocycles. The Morgan fingerprint density at radius 2 is 1.86 bits per heavy atom. The number of aliphatic hydroxyl groups is 1. The molecular formula is C34H48N4O4. The van der Waals surface area contributed by atoms with Crippen LogP contribution in [0.5, 0.6) is 0 Å². The van der Waals surface area contributed by atoms with Crippen molar-refractivity contribution < 1.29 is 14.6 Å². The normalized spacial score (nSPS) is 14.3. The lowest BCUT2D eigenvalue weighted by molar-refractivity contribution is -0.143. The first-order chi connectivity index (χ1) is 19.8. The number of aliphatic hydroxyl groups excluding tert-OH is 1. The van der Waals surface area contributed by atoms with Crippen molar-refractivity contribution in [2.24, 2.45) is 7.05 Å². The summed E-state index contributed by atoms with van der Waals surface area (Å²) in [5.41, 5.74) is 7.31. The van der Waals surface area contributed by atoms with Gasteiger partial charge in [-0.15, -0.1) is 0 Å². The number of rotatable bonds is 11. The Balaban J connectivity index is 1.78. The quantitative estimate of drug-likeness (QED) is 0.274. The smallest absolute Gasteiger partial charge is 0.306 e. The van der Waals surface area contributed by atoms with Crippen LogP contribution in [0.2, 0.25) is 0 Å². The third kappa shape index (κ3) is 7.51. The number of benzene rings is 1. The van der Waals surface area contributed by atoms with E-state index in [0.717, 1.165) is 48.6 Å². The Morgan fingerprint density at radius 1 is 1.12 bits per heavy atom. The maximum Gasteiger partial charge on any atom is 0.306 e. The van der Waals surface area contributed by atoms with E-state index in [-0.39, 0.29) is 41.3 Å². The third-order valence-corrected chi connectivity index (χ3v) is 8.36. The number of nitrogens with one attached hydrogen (secondary N) is 2. The van der Waals surface area contributed by atoms with Crippen LogP contribution in [0, 0.1) is 0 Å². The summed E-state index contributed by atoms with van der Waals surface area (Å²) in [6, 6.07) is 10.6. The maximum absolute atomic E-state index is 12.8. The molecule has 1 aromatic carbocycles. The molecule has 0 bridgehead atoms. The maximum atomic E-state index is 12.8. The van der Waals surface area contributed by atoms with Crippen LogP contribution in [0.1, 0.15) is 99.5 Å². The van der Waals surface area contributed by atoms with Crippen molar-refractivity contribution in [3.63, 3.8) is 0 Å². The van der Waals surface area contributed by atoms with Gasteiger partial charge in [-0.1, -0.05) is 52.8 Å². The minimum Gasteiger partial charge on any atom is -0.466 e. The van der Waals surface area contributed by atoms with Gasteiger partial charge in [0, 0.05) is 44.1 Å². The van der Waals surface area contributed by atoms with Crippen LogP contribution in [0.25, 0.3) is 0 Å². The SMILES string of the molecule is CCOC(=O)CC(Cc1cc(=O)n(C)[nH]1)c1cc(C(C)(C)C)cc(C(C)(C)Cc2cc(CCO)nc3c2CCCN3)c1. The molecule has 2 aromatic heterocycles. The van der Waals surface area contributed by atoms with E-state index >= 15 is 0 Å². The number of pyridine rings is 1. The molecule has 0 saturated heterocycles. The third-order valence-electron chi connectivity index (χ3n) is 8.36. The molecule has 1 aliphatic rings. The number of carbonyl (C=O) groups excluding carboxylic acids is 1. The Hall–Kier alpha value is -3.39. The number of ether oxygens (including phenoxy) is 1. The zero-order valence-corrected chi connectivity index (χ0v) is 26.4. The number of aryl methyl sites for hydroxylation is 1. The second kappa shape index (κ2) is 12.9. The number of carbonyl (C=O) groups is 1. The molecule has 1 unspecified atom stereocenters. The van der Waals surface area contributed by atoms with Gasteiger partial charge >= 0.3 is 5.97 Å². The highest BCUT2D eigenvalue weighted by Crippen LogP contribution is 2.38. The van der Waals surface area contributed by atoms with Crippen LogP contribution in [0.4, 0.5) is 5.82 Å². The summed E-state index contributed by atoms with van der Waals surface area (Å²) in [5.74, 6) is 0.552. The Morgan fingerprint density at radius 3 is 2.50 bits per heavy atom. The van der Waals surface area contributed by atoms with Gasteiger partial charge in [-0.2, -0.15) is 0 Å². The lowest BCUT2D eigenvalue weighted by Crippen LogP contribution is -2.25. The van der Waals surface area contributed by atoms with E-state index in [0.29, 0.717) is 19.4 Å². The van der Waals surface area contributed by atoms with Gasteiger partial charge in [0.05, 0.1) is 13.0 Å². The van der Waals surface area contributed by atoms with Crippen molar-refractivity contribution in [1.29, 1.82) is 0 Å². The number of fused-ring (bicyclic) bond motifs is 1. The minimum absolute atomic E-state index is 0.0696. The van der Waals surface area contributed by atoms with Crippen molar-refractivity contribution in [3.05, 3.63) is 79.9 Å². The highest BCUT2D eigenvalue weighted by molar-refractivity contribution is 5.70. The molecule has 8 heteroatoms. The molecule has 0 spiro atoms. The van der Waals surface area contributed by atoms with Crippen molar-refractivity contribution in [2.45, 2.75) is 96.8 Å². The van der Waals surface area contributed by atoms with Gasteiger partial charge in [-0.3, -0.25) is 19.4 Å². The molecule has 228 valence electrons. The van der Waals surface area contributed by atoms with Crippen molar-refractivity contribution in [2.75, 3.05) is 25.1 Å². The van der Waals surface area contributed by atoms with E-state index in [2.05, 4.69) is 69.3 Å². The zero-order valence-electron chi connectivity index (χ0n) is 26.4. The van der Waals surface area contributed by atoms with Gasteiger partial charge in [0.15, 0.2) is 0 Å². The molecule has 42 heavy (non-hydrogen) atoms. The Labute approximate surface area is 249 Å². The molecule has 3 heterocycles. The largest absolute Gasteiger partial charge is 0.466 e. The van der Waals surface area contributed by atoms with Gasteiger partial charge in [-0.05, 0) is 83.2 Å². The number of nitrogens with zero attached hydrogens (tertiary/aromatic N) is 2. The fourth-order valence-corrected chi connectivity index (χ4v) is 5.92. The molecule has 0 amide bonds. The van der Waals surface area contributed by atoms with Crippen LogP contribution < -0.4 is 10.9 Å². The summed E-state index contributed by atoms with van der Waals surface area (Å²) >= 11 is 0. The van der Waals surface area contributed by atoms with Crippen LogP contribution in [0.3, 0.4) is 0 Å². The van der Waals surface area contributed by atoms with E-state index in [1.165, 1.54) is 26.9 Å². The summed E-state index contributed by atoms with van der Waals surface area (Å²) < 4.78 is 6.84. The Bertz CT molecular complexity index is 1460. The fourth-order valence-electron chi connectivity index (χ4n) is 5.92. The van der Waals surface area contributed by atoms with Crippen LogP contribution in [0.15, 0.2) is 35.1 Å². The molecule has 0 radical (unpaired) electrons. The van der Waals surface area contributed by atoms with Crippen LogP contribution in [-0.2, 0) is 53.1 Å². The highest BCUT2D eigenvalue weighted by atomic mass is 16.5. The molecule has 0 saturated carbocycles. The summed E-state index contributed by atoms with van der Waals surface area (Å²) in [5, 5.41) is 16.2. The predicted octanol–water partition coefficient (Wildman–Crippen LogP) is 5.10. The molecular weight excluding hydrogens is 528 g/mol. The predicted molar refractivity (Wildman–Crippen MR) is 167 cm³/mol. The number of hydrogen-bond acceptors (Lipinski definition) is 6. The highest BCUT2D eigenvalue weighted by Gasteiger charge is 2.29.